The van der Waals surface area contributed by atoms with Crippen molar-refractivity contribution in [3.05, 3.63) is 35.4 Å². The van der Waals surface area contributed by atoms with E-state index in [1.165, 1.54) is 11.1 Å². The predicted octanol–water partition coefficient (Wildman–Crippen LogP) is 2.84. The highest BCUT2D eigenvalue weighted by Gasteiger charge is 2.43. The summed E-state index contributed by atoms with van der Waals surface area (Å²) in [6, 6.07) is 8.34. The average molecular weight is 207 g/mol. The van der Waals surface area contributed by atoms with Crippen molar-refractivity contribution >= 4 is 17.4 Å². The minimum Gasteiger partial charge on any atom is -0.298 e. The van der Waals surface area contributed by atoms with Crippen LogP contribution >= 0.6 is 11.6 Å². The molecule has 0 N–H and O–H groups in total. The highest BCUT2D eigenvalue weighted by atomic mass is 35.5. The molecule has 2 aliphatic carbocycles. The quantitative estimate of drug-likeness (QED) is 0.597. The Morgan fingerprint density at radius 3 is 2.71 bits per heavy atom. The fourth-order valence-electron chi connectivity index (χ4n) is 2.83. The molecule has 2 bridgehead atoms. The van der Waals surface area contributed by atoms with E-state index in [1.54, 1.807) is 0 Å². The molecule has 14 heavy (non-hydrogen) atoms. The number of rotatable bonds is 0. The van der Waals surface area contributed by atoms with Crippen LogP contribution in [0.25, 0.3) is 0 Å². The second-order valence-corrected chi connectivity index (χ2v) is 4.71. The maximum absolute atomic E-state index is 11.6. The molecule has 1 aromatic rings. The van der Waals surface area contributed by atoms with Gasteiger partial charge in [0.1, 0.15) is 0 Å². The number of carbonyl (C=O) groups excluding carboxylic acids is 1. The average Bonchev–Trinajstić information content (AvgIpc) is 2.52. The van der Waals surface area contributed by atoms with E-state index in [4.69, 9.17) is 11.6 Å². The van der Waals surface area contributed by atoms with Crippen molar-refractivity contribution in [3.63, 3.8) is 0 Å². The van der Waals surface area contributed by atoms with Crippen LogP contribution in [-0.4, -0.2) is 11.2 Å². The summed E-state index contributed by atoms with van der Waals surface area (Å²) in [4.78, 5) is 11.6. The number of hydrogen-bond donors (Lipinski definition) is 0. The fraction of sp³-hybridized carbons (Fsp3) is 0.417. The Morgan fingerprint density at radius 2 is 1.93 bits per heavy atom. The van der Waals surface area contributed by atoms with E-state index in [9.17, 15) is 4.79 Å². The number of Topliss-reactive ketones (excluding diaryl/α,β-unsaturated/α-hetero) is 1. The number of fused-ring (bicyclic) bond motifs is 5. The summed E-state index contributed by atoms with van der Waals surface area (Å²) >= 11 is 6.14. The Morgan fingerprint density at radius 1 is 1.21 bits per heavy atom. The largest absolute Gasteiger partial charge is 0.298 e. The van der Waals surface area contributed by atoms with Crippen LogP contribution in [0.4, 0.5) is 0 Å². The molecule has 0 amide bonds. The summed E-state index contributed by atoms with van der Waals surface area (Å²) in [6.45, 7) is 0. The molecule has 3 rings (SSSR count). The second-order valence-electron chi connectivity index (χ2n) is 4.24. The SMILES string of the molecule is O=C1CC2CC(c3ccccc32)C1Cl. The summed E-state index contributed by atoms with van der Waals surface area (Å²) in [5.41, 5.74) is 2.66. The van der Waals surface area contributed by atoms with Gasteiger partial charge in [0.25, 0.3) is 0 Å². The van der Waals surface area contributed by atoms with Gasteiger partial charge in [0.2, 0.25) is 0 Å². The first-order chi connectivity index (χ1) is 6.77. The van der Waals surface area contributed by atoms with Crippen molar-refractivity contribution < 1.29 is 4.79 Å². The zero-order valence-corrected chi connectivity index (χ0v) is 8.50. The number of hydrogen-bond acceptors (Lipinski definition) is 1. The van der Waals surface area contributed by atoms with E-state index in [-0.39, 0.29) is 17.1 Å². The molecule has 0 saturated heterocycles. The second kappa shape index (κ2) is 2.83. The Hall–Kier alpha value is -0.820. The molecule has 3 atom stereocenters. The van der Waals surface area contributed by atoms with Gasteiger partial charge >= 0.3 is 0 Å². The lowest BCUT2D eigenvalue weighted by atomic mass is 9.85. The lowest BCUT2D eigenvalue weighted by Gasteiger charge is -2.22. The third-order valence-corrected chi connectivity index (χ3v) is 4.03. The van der Waals surface area contributed by atoms with Crippen LogP contribution in [0.3, 0.4) is 0 Å². The zero-order valence-electron chi connectivity index (χ0n) is 7.74. The maximum atomic E-state index is 11.6. The lowest BCUT2D eigenvalue weighted by Crippen LogP contribution is -2.26. The summed E-state index contributed by atoms with van der Waals surface area (Å²) in [6.07, 6.45) is 1.71. The Balaban J connectivity index is 2.14. The molecule has 0 spiro atoms. The van der Waals surface area contributed by atoms with Crippen molar-refractivity contribution in [1.82, 2.24) is 0 Å². The van der Waals surface area contributed by atoms with E-state index in [0.717, 1.165) is 6.42 Å². The van der Waals surface area contributed by atoms with Crippen LogP contribution in [-0.2, 0) is 4.79 Å². The van der Waals surface area contributed by atoms with Gasteiger partial charge in [-0.15, -0.1) is 11.6 Å². The molecule has 0 radical (unpaired) electrons. The Labute approximate surface area is 88.1 Å². The first-order valence-electron chi connectivity index (χ1n) is 5.03. The summed E-state index contributed by atoms with van der Waals surface area (Å²) in [5, 5.41) is -0.282. The van der Waals surface area contributed by atoms with Crippen molar-refractivity contribution in [2.24, 2.45) is 0 Å². The smallest absolute Gasteiger partial charge is 0.151 e. The molecule has 2 aliphatic rings. The third-order valence-electron chi connectivity index (χ3n) is 3.48. The highest BCUT2D eigenvalue weighted by Crippen LogP contribution is 2.50. The van der Waals surface area contributed by atoms with Crippen LogP contribution in [0.2, 0.25) is 0 Å². The monoisotopic (exact) mass is 206 g/mol. The summed E-state index contributed by atoms with van der Waals surface area (Å²) < 4.78 is 0. The minimum atomic E-state index is -0.282. The Bertz CT molecular complexity index is 399. The normalized spacial score (nSPS) is 34.4. The molecule has 0 aliphatic heterocycles. The van der Waals surface area contributed by atoms with Gasteiger partial charge in [-0.1, -0.05) is 24.3 Å². The van der Waals surface area contributed by atoms with Crippen LogP contribution in [0.5, 0.6) is 0 Å². The first-order valence-corrected chi connectivity index (χ1v) is 5.46. The Kier molecular flexibility index (Phi) is 1.72. The zero-order chi connectivity index (χ0) is 9.71. The summed E-state index contributed by atoms with van der Waals surface area (Å²) in [5.74, 6) is 0.946. The number of alkyl halides is 1. The van der Waals surface area contributed by atoms with E-state index < -0.39 is 0 Å². The van der Waals surface area contributed by atoms with Crippen LogP contribution < -0.4 is 0 Å². The molecule has 3 unspecified atom stereocenters. The lowest BCUT2D eigenvalue weighted by molar-refractivity contribution is -0.120. The van der Waals surface area contributed by atoms with Crippen LogP contribution in [0.15, 0.2) is 24.3 Å². The van der Waals surface area contributed by atoms with Gasteiger partial charge in [-0.2, -0.15) is 0 Å². The maximum Gasteiger partial charge on any atom is 0.151 e. The third kappa shape index (κ3) is 0.992. The number of ketones is 1. The van der Waals surface area contributed by atoms with E-state index in [1.807, 2.05) is 12.1 Å². The predicted molar refractivity (Wildman–Crippen MR) is 55.8 cm³/mol. The number of carbonyl (C=O) groups is 1. The van der Waals surface area contributed by atoms with Gasteiger partial charge in [-0.3, -0.25) is 4.79 Å². The van der Waals surface area contributed by atoms with Gasteiger partial charge < -0.3 is 0 Å². The first kappa shape index (κ1) is 8.49. The van der Waals surface area contributed by atoms with Gasteiger partial charge in [-0.05, 0) is 23.5 Å². The van der Waals surface area contributed by atoms with E-state index in [2.05, 4.69) is 12.1 Å². The van der Waals surface area contributed by atoms with Gasteiger partial charge in [0.15, 0.2) is 5.78 Å². The van der Waals surface area contributed by atoms with E-state index in [0.29, 0.717) is 12.3 Å². The van der Waals surface area contributed by atoms with E-state index >= 15 is 0 Å². The van der Waals surface area contributed by atoms with Crippen molar-refractivity contribution in [2.75, 3.05) is 0 Å². The van der Waals surface area contributed by atoms with Crippen molar-refractivity contribution in [2.45, 2.75) is 30.1 Å². The molecule has 1 nitrogen and oxygen atoms in total. The van der Waals surface area contributed by atoms with Gasteiger partial charge in [-0.25, -0.2) is 0 Å². The van der Waals surface area contributed by atoms with Crippen LogP contribution in [0.1, 0.15) is 35.8 Å². The standard InChI is InChI=1S/C12H11ClO/c13-12-10-5-7(6-11(12)14)8-3-1-2-4-9(8)10/h1-4,7,10,12H,5-6H2. The molecule has 0 aromatic heterocycles. The van der Waals surface area contributed by atoms with Gasteiger partial charge in [0, 0.05) is 12.3 Å². The summed E-state index contributed by atoms with van der Waals surface area (Å²) in [7, 11) is 0. The minimum absolute atomic E-state index is 0.226. The van der Waals surface area contributed by atoms with Crippen molar-refractivity contribution in [3.8, 4) is 0 Å². The van der Waals surface area contributed by atoms with Crippen molar-refractivity contribution in [1.29, 1.82) is 0 Å². The molecule has 72 valence electrons. The molecular formula is C12H11ClO. The molecule has 1 aromatic carbocycles. The molecule has 0 heterocycles. The molecule has 1 fully saturated rings. The fourth-order valence-corrected chi connectivity index (χ4v) is 3.16. The number of halogens is 1. The molecule has 2 heteroatoms. The number of benzene rings is 1. The molecule has 1 saturated carbocycles. The van der Waals surface area contributed by atoms with Gasteiger partial charge in [0.05, 0.1) is 5.38 Å². The highest BCUT2D eigenvalue weighted by molar-refractivity contribution is 6.32. The van der Waals surface area contributed by atoms with Crippen LogP contribution in [0, 0.1) is 0 Å². The topological polar surface area (TPSA) is 17.1 Å². The molecular weight excluding hydrogens is 196 g/mol.